The molecule has 0 spiro atoms. The molecule has 0 heterocycles. The van der Waals surface area contributed by atoms with Crippen molar-refractivity contribution in [2.24, 2.45) is 0 Å². The molecule has 0 rings (SSSR count). The molecule has 0 aliphatic carbocycles. The Balaban J connectivity index is 3.41. The number of ether oxygens (including phenoxy) is 2. The number of hydrogen-bond donors (Lipinski definition) is 0. The Hall–Kier alpha value is -0.830. The lowest BCUT2D eigenvalue weighted by molar-refractivity contribution is -0.137. The van der Waals surface area contributed by atoms with Gasteiger partial charge >= 0.3 is 5.97 Å². The summed E-state index contributed by atoms with van der Waals surface area (Å²) in [4.78, 5) is 10.7. The van der Waals surface area contributed by atoms with E-state index in [0.29, 0.717) is 13.2 Å². The van der Waals surface area contributed by atoms with E-state index in [1.165, 1.54) is 6.08 Å². The molecule has 0 aromatic rings. The molecule has 0 radical (unpaired) electrons. The SMILES string of the molecule is CCOC(=O)/C=C/COC(C)C. The van der Waals surface area contributed by atoms with E-state index in [2.05, 4.69) is 4.74 Å². The third-order valence-corrected chi connectivity index (χ3v) is 1.07. The molecular formula is C9H16O3. The third-order valence-electron chi connectivity index (χ3n) is 1.07. The van der Waals surface area contributed by atoms with Crippen LogP contribution < -0.4 is 0 Å². The summed E-state index contributed by atoms with van der Waals surface area (Å²) >= 11 is 0. The summed E-state index contributed by atoms with van der Waals surface area (Å²) in [7, 11) is 0. The highest BCUT2D eigenvalue weighted by atomic mass is 16.5. The smallest absolute Gasteiger partial charge is 0.330 e. The van der Waals surface area contributed by atoms with Crippen LogP contribution in [-0.2, 0) is 14.3 Å². The Morgan fingerprint density at radius 3 is 2.67 bits per heavy atom. The average Bonchev–Trinajstić information content (AvgIpc) is 1.98. The van der Waals surface area contributed by atoms with E-state index in [9.17, 15) is 4.79 Å². The molecule has 0 amide bonds. The molecule has 0 atom stereocenters. The lowest BCUT2D eigenvalue weighted by Gasteiger charge is -2.02. The van der Waals surface area contributed by atoms with Gasteiger partial charge in [0.2, 0.25) is 0 Å². The molecule has 0 aliphatic heterocycles. The van der Waals surface area contributed by atoms with Crippen LogP contribution in [0, 0.1) is 0 Å². The standard InChI is InChI=1S/C9H16O3/c1-4-11-9(10)6-5-7-12-8(2)3/h5-6,8H,4,7H2,1-3H3/b6-5+. The number of rotatable bonds is 5. The van der Waals surface area contributed by atoms with E-state index in [0.717, 1.165) is 0 Å². The van der Waals surface area contributed by atoms with E-state index in [4.69, 9.17) is 4.74 Å². The molecule has 0 bridgehead atoms. The summed E-state index contributed by atoms with van der Waals surface area (Å²) in [5.41, 5.74) is 0. The number of hydrogen-bond acceptors (Lipinski definition) is 3. The quantitative estimate of drug-likeness (QED) is 0.466. The van der Waals surface area contributed by atoms with Crippen LogP contribution in [0.25, 0.3) is 0 Å². The number of carbonyl (C=O) groups is 1. The van der Waals surface area contributed by atoms with Crippen LogP contribution in [0.15, 0.2) is 12.2 Å². The van der Waals surface area contributed by atoms with E-state index in [-0.39, 0.29) is 12.1 Å². The van der Waals surface area contributed by atoms with Crippen LogP contribution in [0.1, 0.15) is 20.8 Å². The highest BCUT2D eigenvalue weighted by Gasteiger charge is 1.93. The van der Waals surface area contributed by atoms with Crippen molar-refractivity contribution in [1.29, 1.82) is 0 Å². The fourth-order valence-corrected chi connectivity index (χ4v) is 0.583. The summed E-state index contributed by atoms with van der Waals surface area (Å²) in [6.45, 7) is 6.53. The second-order valence-corrected chi connectivity index (χ2v) is 2.54. The van der Waals surface area contributed by atoms with Gasteiger partial charge in [-0.1, -0.05) is 6.08 Å². The zero-order chi connectivity index (χ0) is 9.40. The van der Waals surface area contributed by atoms with Gasteiger partial charge in [0.05, 0.1) is 19.3 Å². The monoisotopic (exact) mass is 172 g/mol. The molecular weight excluding hydrogens is 156 g/mol. The van der Waals surface area contributed by atoms with Gasteiger partial charge in [-0.2, -0.15) is 0 Å². The molecule has 0 aromatic carbocycles. The van der Waals surface area contributed by atoms with Crippen molar-refractivity contribution in [3.8, 4) is 0 Å². The Labute approximate surface area is 73.4 Å². The first kappa shape index (κ1) is 11.2. The van der Waals surface area contributed by atoms with Crippen LogP contribution >= 0.6 is 0 Å². The predicted molar refractivity (Wildman–Crippen MR) is 46.9 cm³/mol. The maximum Gasteiger partial charge on any atom is 0.330 e. The second kappa shape index (κ2) is 6.85. The van der Waals surface area contributed by atoms with Crippen LogP contribution in [-0.4, -0.2) is 25.3 Å². The second-order valence-electron chi connectivity index (χ2n) is 2.54. The zero-order valence-corrected chi connectivity index (χ0v) is 7.87. The molecule has 3 nitrogen and oxygen atoms in total. The van der Waals surface area contributed by atoms with Gasteiger partial charge in [0, 0.05) is 6.08 Å². The lowest BCUT2D eigenvalue weighted by atomic mass is 10.4. The van der Waals surface area contributed by atoms with Gasteiger partial charge in [0.25, 0.3) is 0 Å². The minimum absolute atomic E-state index is 0.192. The van der Waals surface area contributed by atoms with Gasteiger partial charge in [-0.25, -0.2) is 4.79 Å². The van der Waals surface area contributed by atoms with Gasteiger partial charge in [-0.15, -0.1) is 0 Å². The normalized spacial score (nSPS) is 11.0. The minimum Gasteiger partial charge on any atom is -0.463 e. The summed E-state index contributed by atoms with van der Waals surface area (Å²) in [6.07, 6.45) is 3.22. The van der Waals surface area contributed by atoms with Gasteiger partial charge in [0.15, 0.2) is 0 Å². The molecule has 70 valence electrons. The zero-order valence-electron chi connectivity index (χ0n) is 7.87. The van der Waals surface area contributed by atoms with Crippen molar-refractivity contribution in [3.63, 3.8) is 0 Å². The maximum atomic E-state index is 10.7. The first-order valence-electron chi connectivity index (χ1n) is 4.11. The first-order chi connectivity index (χ1) is 5.66. The molecule has 0 unspecified atom stereocenters. The third kappa shape index (κ3) is 7.28. The van der Waals surface area contributed by atoms with Crippen LogP contribution in [0.5, 0.6) is 0 Å². The Kier molecular flexibility index (Phi) is 6.38. The Morgan fingerprint density at radius 2 is 2.17 bits per heavy atom. The minimum atomic E-state index is -0.315. The average molecular weight is 172 g/mol. The van der Waals surface area contributed by atoms with Crippen LogP contribution in [0.2, 0.25) is 0 Å². The highest BCUT2D eigenvalue weighted by Crippen LogP contribution is 1.88. The van der Waals surface area contributed by atoms with Crippen molar-refractivity contribution in [3.05, 3.63) is 12.2 Å². The predicted octanol–water partition coefficient (Wildman–Crippen LogP) is 1.53. The maximum absolute atomic E-state index is 10.7. The Morgan fingerprint density at radius 1 is 1.50 bits per heavy atom. The fourth-order valence-electron chi connectivity index (χ4n) is 0.583. The molecule has 0 aromatic heterocycles. The van der Waals surface area contributed by atoms with Crippen LogP contribution in [0.3, 0.4) is 0 Å². The lowest BCUT2D eigenvalue weighted by Crippen LogP contribution is -2.03. The molecule has 0 saturated carbocycles. The summed E-state index contributed by atoms with van der Waals surface area (Å²) < 4.78 is 9.84. The van der Waals surface area contributed by atoms with E-state index in [1.807, 2.05) is 13.8 Å². The summed E-state index contributed by atoms with van der Waals surface area (Å²) in [5, 5.41) is 0. The van der Waals surface area contributed by atoms with Gasteiger partial charge in [-0.05, 0) is 20.8 Å². The Bertz CT molecular complexity index is 150. The molecule has 0 N–H and O–H groups in total. The van der Waals surface area contributed by atoms with Gasteiger partial charge in [-0.3, -0.25) is 0 Å². The summed E-state index contributed by atoms with van der Waals surface area (Å²) in [6, 6.07) is 0. The van der Waals surface area contributed by atoms with E-state index >= 15 is 0 Å². The molecule has 0 fully saturated rings. The van der Waals surface area contributed by atoms with Crippen LogP contribution in [0.4, 0.5) is 0 Å². The number of carbonyl (C=O) groups excluding carboxylic acids is 1. The van der Waals surface area contributed by atoms with E-state index < -0.39 is 0 Å². The van der Waals surface area contributed by atoms with Crippen molar-refractivity contribution >= 4 is 5.97 Å². The molecule has 0 aliphatic rings. The molecule has 3 heteroatoms. The largest absolute Gasteiger partial charge is 0.463 e. The fraction of sp³-hybridized carbons (Fsp3) is 0.667. The van der Waals surface area contributed by atoms with Crippen molar-refractivity contribution in [2.75, 3.05) is 13.2 Å². The van der Waals surface area contributed by atoms with Gasteiger partial charge < -0.3 is 9.47 Å². The highest BCUT2D eigenvalue weighted by molar-refractivity contribution is 5.81. The van der Waals surface area contributed by atoms with Crippen molar-refractivity contribution < 1.29 is 14.3 Å². The molecule has 0 saturated heterocycles. The first-order valence-corrected chi connectivity index (χ1v) is 4.11. The topological polar surface area (TPSA) is 35.5 Å². The molecule has 12 heavy (non-hydrogen) atoms. The number of esters is 1. The van der Waals surface area contributed by atoms with Crippen molar-refractivity contribution in [1.82, 2.24) is 0 Å². The van der Waals surface area contributed by atoms with Gasteiger partial charge in [0.1, 0.15) is 0 Å². The van der Waals surface area contributed by atoms with E-state index in [1.54, 1.807) is 13.0 Å². The van der Waals surface area contributed by atoms with Crippen molar-refractivity contribution in [2.45, 2.75) is 26.9 Å². The summed E-state index contributed by atoms with van der Waals surface area (Å²) in [5.74, 6) is -0.315.